The molecule has 5 heteroatoms. The molecule has 0 saturated heterocycles. The summed E-state index contributed by atoms with van der Waals surface area (Å²) < 4.78 is 0. The largest absolute Gasteiger partial charge is 0.312 e. The maximum Gasteiger partial charge on any atom is 0.246 e. The molecular weight excluding hydrogens is 288 g/mol. The third kappa shape index (κ3) is 2.21. The standard InChI is InChI=1S/C18H20N4O/c19-12-14-16(23)20-17(21-18(14)9-4-1-5-10-18)22-11-8-13-6-2-3-7-15(13)22/h2-3,6-7,14H,1,4-5,8-11H2,(H,20,21,23)/t14-/m1/s1. The Hall–Kier alpha value is -2.35. The number of fused-ring (bicyclic) bond motifs is 1. The summed E-state index contributed by atoms with van der Waals surface area (Å²) in [6.07, 6.45) is 5.87. The molecule has 2 aliphatic heterocycles. The van der Waals surface area contributed by atoms with Crippen molar-refractivity contribution in [2.45, 2.75) is 44.1 Å². The lowest BCUT2D eigenvalue weighted by Gasteiger charge is -2.41. The van der Waals surface area contributed by atoms with E-state index in [-0.39, 0.29) is 5.91 Å². The summed E-state index contributed by atoms with van der Waals surface area (Å²) in [5, 5.41) is 12.4. The van der Waals surface area contributed by atoms with Gasteiger partial charge in [0.05, 0.1) is 11.6 Å². The zero-order valence-corrected chi connectivity index (χ0v) is 13.1. The van der Waals surface area contributed by atoms with Crippen LogP contribution in [0.15, 0.2) is 29.3 Å². The van der Waals surface area contributed by atoms with Gasteiger partial charge in [0.15, 0.2) is 5.92 Å². The van der Waals surface area contributed by atoms with Crippen LogP contribution in [0.1, 0.15) is 37.7 Å². The van der Waals surface area contributed by atoms with Crippen LogP contribution in [0.4, 0.5) is 5.69 Å². The average molecular weight is 308 g/mol. The molecule has 1 saturated carbocycles. The summed E-state index contributed by atoms with van der Waals surface area (Å²) in [6, 6.07) is 10.4. The maximum absolute atomic E-state index is 12.5. The summed E-state index contributed by atoms with van der Waals surface area (Å²) in [6.45, 7) is 0.825. The molecule has 3 aliphatic rings. The lowest BCUT2D eigenvalue weighted by atomic mass is 9.72. The molecule has 1 spiro atoms. The van der Waals surface area contributed by atoms with Crippen LogP contribution < -0.4 is 10.2 Å². The Morgan fingerprint density at radius 2 is 2.04 bits per heavy atom. The molecule has 2 heterocycles. The van der Waals surface area contributed by atoms with Gasteiger partial charge in [-0.25, -0.2) is 4.99 Å². The number of rotatable bonds is 0. The van der Waals surface area contributed by atoms with Crippen LogP contribution >= 0.6 is 0 Å². The molecule has 1 aromatic rings. The molecule has 5 nitrogen and oxygen atoms in total. The summed E-state index contributed by atoms with van der Waals surface area (Å²) in [4.78, 5) is 19.6. The van der Waals surface area contributed by atoms with Crippen LogP contribution in [0.25, 0.3) is 0 Å². The number of hydrogen-bond acceptors (Lipinski definition) is 4. The molecule has 0 radical (unpaired) electrons. The molecule has 1 atom stereocenters. The molecule has 1 aromatic carbocycles. The fourth-order valence-electron chi connectivity index (χ4n) is 4.16. The van der Waals surface area contributed by atoms with E-state index in [1.807, 2.05) is 12.1 Å². The molecule has 1 amide bonds. The monoisotopic (exact) mass is 308 g/mol. The smallest absolute Gasteiger partial charge is 0.246 e. The number of carbonyl (C=O) groups is 1. The van der Waals surface area contributed by atoms with Gasteiger partial charge >= 0.3 is 0 Å². The van der Waals surface area contributed by atoms with Crippen molar-refractivity contribution < 1.29 is 4.79 Å². The van der Waals surface area contributed by atoms with Crippen LogP contribution in [0.3, 0.4) is 0 Å². The first-order chi connectivity index (χ1) is 11.2. The highest BCUT2D eigenvalue weighted by molar-refractivity contribution is 6.09. The van der Waals surface area contributed by atoms with Crippen molar-refractivity contribution in [3.05, 3.63) is 29.8 Å². The van der Waals surface area contributed by atoms with Crippen LogP contribution in [0.5, 0.6) is 0 Å². The Balaban J connectivity index is 1.75. The van der Waals surface area contributed by atoms with E-state index < -0.39 is 11.5 Å². The number of hydrogen-bond donors (Lipinski definition) is 1. The van der Waals surface area contributed by atoms with Crippen molar-refractivity contribution in [1.82, 2.24) is 5.32 Å². The van der Waals surface area contributed by atoms with E-state index in [0.717, 1.165) is 44.3 Å². The molecule has 4 rings (SSSR count). The predicted octanol–water partition coefficient (Wildman–Crippen LogP) is 2.38. The molecule has 1 aliphatic carbocycles. The molecule has 0 aromatic heterocycles. The van der Waals surface area contributed by atoms with Gasteiger partial charge in [-0.15, -0.1) is 0 Å². The number of aliphatic imine (C=N–C) groups is 1. The number of guanidine groups is 1. The molecule has 23 heavy (non-hydrogen) atoms. The highest BCUT2D eigenvalue weighted by atomic mass is 16.2. The van der Waals surface area contributed by atoms with E-state index in [0.29, 0.717) is 5.96 Å². The summed E-state index contributed by atoms with van der Waals surface area (Å²) in [7, 11) is 0. The van der Waals surface area contributed by atoms with E-state index in [2.05, 4.69) is 28.4 Å². The molecule has 0 bridgehead atoms. The normalized spacial score (nSPS) is 25.5. The van der Waals surface area contributed by atoms with Crippen molar-refractivity contribution >= 4 is 17.6 Å². The average Bonchev–Trinajstić information content (AvgIpc) is 2.99. The van der Waals surface area contributed by atoms with Crippen molar-refractivity contribution in [2.24, 2.45) is 10.9 Å². The first kappa shape index (κ1) is 14.3. The van der Waals surface area contributed by atoms with Crippen LogP contribution in [-0.4, -0.2) is 24.0 Å². The minimum absolute atomic E-state index is 0.191. The molecule has 1 fully saturated rings. The van der Waals surface area contributed by atoms with Crippen molar-refractivity contribution in [2.75, 3.05) is 11.4 Å². The molecule has 118 valence electrons. The van der Waals surface area contributed by atoms with E-state index in [1.54, 1.807) is 0 Å². The van der Waals surface area contributed by atoms with Crippen LogP contribution in [-0.2, 0) is 11.2 Å². The SMILES string of the molecule is N#C[C@@H]1C(=O)NC(N2CCc3ccccc32)=NC12CCCCC2. The maximum atomic E-state index is 12.5. The highest BCUT2D eigenvalue weighted by Crippen LogP contribution is 2.40. The number of para-hydroxylation sites is 1. The zero-order valence-electron chi connectivity index (χ0n) is 13.1. The Kier molecular flexibility index (Phi) is 3.33. The second kappa shape index (κ2) is 5.38. The first-order valence-electron chi connectivity index (χ1n) is 8.39. The Labute approximate surface area is 136 Å². The zero-order chi connectivity index (χ0) is 15.9. The number of nitrogens with one attached hydrogen (secondary N) is 1. The summed E-state index contributed by atoms with van der Waals surface area (Å²) in [5.41, 5.74) is 1.87. The fourth-order valence-corrected chi connectivity index (χ4v) is 4.16. The Morgan fingerprint density at radius 3 is 2.83 bits per heavy atom. The molecule has 0 unspecified atom stereocenters. The third-order valence-corrected chi connectivity index (χ3v) is 5.35. The van der Waals surface area contributed by atoms with Gasteiger partial charge in [0.2, 0.25) is 11.9 Å². The van der Waals surface area contributed by atoms with Gasteiger partial charge in [-0.05, 0) is 30.9 Å². The van der Waals surface area contributed by atoms with Gasteiger partial charge in [-0.1, -0.05) is 37.5 Å². The number of anilines is 1. The molecule has 1 N–H and O–H groups in total. The van der Waals surface area contributed by atoms with Crippen LogP contribution in [0, 0.1) is 17.2 Å². The quantitative estimate of drug-likeness (QED) is 0.800. The Bertz CT molecular complexity index is 712. The van der Waals surface area contributed by atoms with Gasteiger partial charge in [-0.3, -0.25) is 10.1 Å². The van der Waals surface area contributed by atoms with E-state index >= 15 is 0 Å². The van der Waals surface area contributed by atoms with Gasteiger partial charge in [0, 0.05) is 12.2 Å². The lowest BCUT2D eigenvalue weighted by molar-refractivity contribution is -0.124. The van der Waals surface area contributed by atoms with Gasteiger partial charge < -0.3 is 4.90 Å². The van der Waals surface area contributed by atoms with Gasteiger partial charge in [0.1, 0.15) is 0 Å². The second-order valence-corrected chi connectivity index (χ2v) is 6.68. The van der Waals surface area contributed by atoms with Crippen molar-refractivity contribution in [1.29, 1.82) is 5.26 Å². The number of benzene rings is 1. The number of nitriles is 1. The predicted molar refractivity (Wildman–Crippen MR) is 88.0 cm³/mol. The minimum atomic E-state index is -0.663. The highest BCUT2D eigenvalue weighted by Gasteiger charge is 2.48. The minimum Gasteiger partial charge on any atom is -0.312 e. The number of carbonyl (C=O) groups excluding carboxylic acids is 1. The van der Waals surface area contributed by atoms with Crippen LogP contribution in [0.2, 0.25) is 0 Å². The fraction of sp³-hybridized carbons (Fsp3) is 0.500. The summed E-state index contributed by atoms with van der Waals surface area (Å²) >= 11 is 0. The topological polar surface area (TPSA) is 68.5 Å². The van der Waals surface area contributed by atoms with Gasteiger partial charge in [-0.2, -0.15) is 5.26 Å². The number of amides is 1. The van der Waals surface area contributed by atoms with Gasteiger partial charge in [0.25, 0.3) is 0 Å². The Morgan fingerprint density at radius 1 is 1.26 bits per heavy atom. The molecular formula is C18H20N4O. The van der Waals surface area contributed by atoms with Crippen molar-refractivity contribution in [3.8, 4) is 6.07 Å². The first-order valence-corrected chi connectivity index (χ1v) is 8.39. The van der Waals surface area contributed by atoms with Crippen molar-refractivity contribution in [3.63, 3.8) is 0 Å². The van der Waals surface area contributed by atoms with E-state index in [1.165, 1.54) is 12.0 Å². The number of nitrogens with zero attached hydrogens (tertiary/aromatic N) is 3. The van der Waals surface area contributed by atoms with E-state index in [9.17, 15) is 10.1 Å². The van der Waals surface area contributed by atoms with E-state index in [4.69, 9.17) is 4.99 Å². The summed E-state index contributed by atoms with van der Waals surface area (Å²) in [5.74, 6) is -0.221. The second-order valence-electron chi connectivity index (χ2n) is 6.68. The lowest BCUT2D eigenvalue weighted by Crippen LogP contribution is -2.57. The third-order valence-electron chi connectivity index (χ3n) is 5.35.